The summed E-state index contributed by atoms with van der Waals surface area (Å²) in [5.41, 5.74) is 0.918. The number of thioether (sulfide) groups is 1. The van der Waals surface area contributed by atoms with Crippen molar-refractivity contribution >= 4 is 34.7 Å². The first kappa shape index (κ1) is 11.9. The summed E-state index contributed by atoms with van der Waals surface area (Å²) in [7, 11) is 0. The van der Waals surface area contributed by atoms with Crippen molar-refractivity contribution in [2.24, 2.45) is 0 Å². The Bertz CT molecular complexity index is 455. The predicted molar refractivity (Wildman–Crippen MR) is 67.6 cm³/mol. The number of hydrogen-bond donors (Lipinski definition) is 0. The molecular weight excluding hydrogens is 265 g/mol. The highest BCUT2D eigenvalue weighted by molar-refractivity contribution is 7.98. The highest BCUT2D eigenvalue weighted by Crippen LogP contribution is 2.24. The van der Waals surface area contributed by atoms with Crippen molar-refractivity contribution in [3.05, 3.63) is 46.2 Å². The normalized spacial score (nSPS) is 10.6. The molecular formula is C11H9ClFNS2. The molecule has 1 aromatic carbocycles. The maximum Gasteiger partial charge on any atom is 0.123 e. The van der Waals surface area contributed by atoms with E-state index in [1.165, 1.54) is 12.1 Å². The molecule has 16 heavy (non-hydrogen) atoms. The Kier molecular flexibility index (Phi) is 4.21. The lowest BCUT2D eigenvalue weighted by Gasteiger charge is -1.98. The highest BCUT2D eigenvalue weighted by Gasteiger charge is 2.02. The quantitative estimate of drug-likeness (QED) is 0.608. The maximum atomic E-state index is 12.7. The molecule has 0 saturated carbocycles. The van der Waals surface area contributed by atoms with Gasteiger partial charge in [-0.3, -0.25) is 0 Å². The Labute approximate surface area is 107 Å². The molecule has 0 unspecified atom stereocenters. The van der Waals surface area contributed by atoms with Gasteiger partial charge in [0.2, 0.25) is 0 Å². The zero-order valence-corrected chi connectivity index (χ0v) is 10.7. The second-order valence-electron chi connectivity index (χ2n) is 3.11. The average Bonchev–Trinajstić information content (AvgIpc) is 2.76. The Morgan fingerprint density at radius 3 is 2.69 bits per heavy atom. The molecule has 84 valence electrons. The van der Waals surface area contributed by atoms with E-state index in [9.17, 15) is 4.39 Å². The molecule has 1 heterocycles. The van der Waals surface area contributed by atoms with E-state index in [1.54, 1.807) is 35.2 Å². The molecule has 1 nitrogen and oxygen atoms in total. The lowest BCUT2D eigenvalue weighted by molar-refractivity contribution is 0.626. The number of thiazole rings is 1. The van der Waals surface area contributed by atoms with Crippen LogP contribution in [-0.2, 0) is 11.6 Å². The van der Waals surface area contributed by atoms with Gasteiger partial charge in [0.25, 0.3) is 0 Å². The third kappa shape index (κ3) is 3.20. The molecule has 0 aliphatic carbocycles. The van der Waals surface area contributed by atoms with Crippen molar-refractivity contribution in [3.63, 3.8) is 0 Å². The molecule has 1 aromatic heterocycles. The fraction of sp³-hybridized carbons (Fsp3) is 0.182. The lowest BCUT2D eigenvalue weighted by Crippen LogP contribution is -1.82. The third-order valence-corrected chi connectivity index (χ3v) is 4.29. The van der Waals surface area contributed by atoms with E-state index in [4.69, 9.17) is 11.6 Å². The average molecular weight is 274 g/mol. The summed E-state index contributed by atoms with van der Waals surface area (Å²) >= 11 is 8.92. The molecule has 5 heteroatoms. The smallest absolute Gasteiger partial charge is 0.123 e. The van der Waals surface area contributed by atoms with Gasteiger partial charge in [0.1, 0.15) is 10.8 Å². The second-order valence-corrected chi connectivity index (χ2v) is 5.37. The van der Waals surface area contributed by atoms with Crippen LogP contribution in [0.25, 0.3) is 0 Å². The first-order chi connectivity index (χ1) is 7.78. The van der Waals surface area contributed by atoms with Crippen LogP contribution in [0.15, 0.2) is 34.5 Å². The topological polar surface area (TPSA) is 12.9 Å². The Hall–Kier alpha value is -0.580. The van der Waals surface area contributed by atoms with Crippen LogP contribution in [0.3, 0.4) is 0 Å². The fourth-order valence-corrected chi connectivity index (χ4v) is 3.09. The van der Waals surface area contributed by atoms with E-state index in [0.29, 0.717) is 5.88 Å². The summed E-state index contributed by atoms with van der Waals surface area (Å²) in [6, 6.07) is 6.48. The van der Waals surface area contributed by atoms with E-state index >= 15 is 0 Å². The van der Waals surface area contributed by atoms with E-state index in [1.807, 2.05) is 5.38 Å². The van der Waals surface area contributed by atoms with Gasteiger partial charge in [-0.2, -0.15) is 0 Å². The first-order valence-corrected chi connectivity index (χ1v) is 7.05. The van der Waals surface area contributed by atoms with Crippen LogP contribution < -0.4 is 0 Å². The number of rotatable bonds is 4. The van der Waals surface area contributed by atoms with Crippen molar-refractivity contribution in [1.82, 2.24) is 4.98 Å². The molecule has 0 fully saturated rings. The monoisotopic (exact) mass is 273 g/mol. The lowest BCUT2D eigenvalue weighted by atomic mass is 10.4. The highest BCUT2D eigenvalue weighted by atomic mass is 35.5. The molecule has 0 bridgehead atoms. The van der Waals surface area contributed by atoms with Gasteiger partial charge >= 0.3 is 0 Å². The predicted octanol–water partition coefficient (Wildman–Crippen LogP) is 4.31. The van der Waals surface area contributed by atoms with Crippen molar-refractivity contribution in [2.75, 3.05) is 0 Å². The summed E-state index contributed by atoms with van der Waals surface area (Å²) < 4.78 is 12.7. The summed E-state index contributed by atoms with van der Waals surface area (Å²) in [5, 5.41) is 3.01. The maximum absolute atomic E-state index is 12.7. The van der Waals surface area contributed by atoms with E-state index in [2.05, 4.69) is 4.98 Å². The van der Waals surface area contributed by atoms with Crippen LogP contribution in [0.2, 0.25) is 0 Å². The number of halogens is 2. The van der Waals surface area contributed by atoms with Gasteiger partial charge in [-0.15, -0.1) is 34.7 Å². The van der Waals surface area contributed by atoms with Crippen LogP contribution in [-0.4, -0.2) is 4.98 Å². The van der Waals surface area contributed by atoms with Crippen LogP contribution >= 0.6 is 34.7 Å². The SMILES string of the molecule is Fc1ccc(SCc2nc(CCl)cs2)cc1. The summed E-state index contributed by atoms with van der Waals surface area (Å²) in [4.78, 5) is 5.40. The summed E-state index contributed by atoms with van der Waals surface area (Å²) in [5.74, 6) is 1.05. The van der Waals surface area contributed by atoms with E-state index < -0.39 is 0 Å². The first-order valence-electron chi connectivity index (χ1n) is 4.65. The van der Waals surface area contributed by atoms with Crippen LogP contribution in [0.5, 0.6) is 0 Å². The van der Waals surface area contributed by atoms with Gasteiger partial charge in [0.05, 0.1) is 17.3 Å². The van der Waals surface area contributed by atoms with Crippen molar-refractivity contribution in [2.45, 2.75) is 16.5 Å². The minimum atomic E-state index is -0.206. The number of hydrogen-bond acceptors (Lipinski definition) is 3. The molecule has 0 amide bonds. The molecule has 2 aromatic rings. The van der Waals surface area contributed by atoms with Gasteiger partial charge in [0.15, 0.2) is 0 Å². The van der Waals surface area contributed by atoms with E-state index in [-0.39, 0.29) is 5.82 Å². The number of aromatic nitrogens is 1. The standard InChI is InChI=1S/C11H9ClFNS2/c12-5-9-6-16-11(14-9)7-15-10-3-1-8(13)2-4-10/h1-4,6H,5,7H2. The van der Waals surface area contributed by atoms with Gasteiger partial charge in [-0.25, -0.2) is 9.37 Å². The Balaban J connectivity index is 1.94. The fourth-order valence-electron chi connectivity index (χ4n) is 1.15. The number of nitrogens with zero attached hydrogens (tertiary/aromatic N) is 1. The molecule has 0 saturated heterocycles. The van der Waals surface area contributed by atoms with E-state index in [0.717, 1.165) is 21.3 Å². The second kappa shape index (κ2) is 5.66. The molecule has 0 atom stereocenters. The number of benzene rings is 1. The van der Waals surface area contributed by atoms with Crippen molar-refractivity contribution < 1.29 is 4.39 Å². The third-order valence-electron chi connectivity index (χ3n) is 1.91. The minimum Gasteiger partial charge on any atom is -0.244 e. The molecule has 0 spiro atoms. The molecule has 0 radical (unpaired) electrons. The minimum absolute atomic E-state index is 0.206. The van der Waals surface area contributed by atoms with Crippen LogP contribution in [0.4, 0.5) is 4.39 Å². The Morgan fingerprint density at radius 1 is 1.31 bits per heavy atom. The molecule has 0 aliphatic heterocycles. The van der Waals surface area contributed by atoms with Crippen LogP contribution in [0, 0.1) is 5.82 Å². The zero-order chi connectivity index (χ0) is 11.4. The van der Waals surface area contributed by atoms with Gasteiger partial charge in [-0.05, 0) is 24.3 Å². The largest absolute Gasteiger partial charge is 0.244 e. The summed E-state index contributed by atoms with van der Waals surface area (Å²) in [6.07, 6.45) is 0. The van der Waals surface area contributed by atoms with Crippen LogP contribution in [0.1, 0.15) is 10.7 Å². The molecule has 0 aliphatic rings. The van der Waals surface area contributed by atoms with Crippen molar-refractivity contribution in [3.8, 4) is 0 Å². The Morgan fingerprint density at radius 2 is 2.06 bits per heavy atom. The van der Waals surface area contributed by atoms with Gasteiger partial charge < -0.3 is 0 Å². The zero-order valence-electron chi connectivity index (χ0n) is 8.32. The van der Waals surface area contributed by atoms with Gasteiger partial charge in [-0.1, -0.05) is 0 Å². The molecule has 0 N–H and O–H groups in total. The molecule has 2 rings (SSSR count). The van der Waals surface area contributed by atoms with Gasteiger partial charge in [0, 0.05) is 10.3 Å². The summed E-state index contributed by atoms with van der Waals surface area (Å²) in [6.45, 7) is 0. The number of alkyl halides is 1. The van der Waals surface area contributed by atoms with Crippen molar-refractivity contribution in [1.29, 1.82) is 0 Å².